The number of aliphatic carboxylic acids is 1. The molecule has 2 aromatic rings. The van der Waals surface area contributed by atoms with Gasteiger partial charge in [0.15, 0.2) is 0 Å². The van der Waals surface area contributed by atoms with Crippen molar-refractivity contribution < 1.29 is 32.5 Å². The molecule has 0 spiro atoms. The molecule has 1 aliphatic rings. The van der Waals surface area contributed by atoms with Crippen molar-refractivity contribution in [1.82, 2.24) is 9.88 Å². The summed E-state index contributed by atoms with van der Waals surface area (Å²) >= 11 is 1.73. The average Bonchev–Trinajstić information content (AvgIpc) is 3.22. The number of carbonyl (C=O) groups is 1. The first-order valence-corrected chi connectivity index (χ1v) is 10.2. The van der Waals surface area contributed by atoms with Gasteiger partial charge in [-0.3, -0.25) is 4.90 Å². The maximum Gasteiger partial charge on any atom is 0.490 e. The summed E-state index contributed by atoms with van der Waals surface area (Å²) in [6.07, 6.45) is -0.735. The van der Waals surface area contributed by atoms with Crippen LogP contribution in [0.2, 0.25) is 0 Å². The molecule has 0 bridgehead atoms. The Morgan fingerprint density at radius 3 is 2.47 bits per heavy atom. The molecule has 0 saturated carbocycles. The zero-order valence-electron chi connectivity index (χ0n) is 16.8. The number of alkyl halides is 3. The second kappa shape index (κ2) is 11.3. The maximum absolute atomic E-state index is 10.6. The fraction of sp³-hybridized carbons (Fsp3) is 0.500. The van der Waals surface area contributed by atoms with E-state index in [9.17, 15) is 13.2 Å². The van der Waals surface area contributed by atoms with Crippen LogP contribution in [0.1, 0.15) is 17.0 Å². The van der Waals surface area contributed by atoms with Gasteiger partial charge in [0, 0.05) is 37.7 Å². The summed E-state index contributed by atoms with van der Waals surface area (Å²) in [7, 11) is 3.54. The number of hydrogen-bond acceptors (Lipinski definition) is 6. The van der Waals surface area contributed by atoms with Gasteiger partial charge in [-0.1, -0.05) is 12.1 Å². The van der Waals surface area contributed by atoms with Crippen LogP contribution >= 0.6 is 11.3 Å². The van der Waals surface area contributed by atoms with Gasteiger partial charge in [-0.2, -0.15) is 13.2 Å². The van der Waals surface area contributed by atoms with Crippen molar-refractivity contribution in [3.63, 3.8) is 0 Å². The Hall–Kier alpha value is -2.17. The quantitative estimate of drug-likeness (QED) is 0.727. The molecule has 166 valence electrons. The first-order chi connectivity index (χ1) is 14.2. The summed E-state index contributed by atoms with van der Waals surface area (Å²) in [5.74, 6) is -1.33. The smallest absolute Gasteiger partial charge is 0.490 e. The number of hydrogen-bond donors (Lipinski definition) is 1. The lowest BCUT2D eigenvalue weighted by molar-refractivity contribution is -0.192. The van der Waals surface area contributed by atoms with Crippen LogP contribution in [0.15, 0.2) is 35.8 Å². The number of thiazole rings is 1. The Morgan fingerprint density at radius 2 is 1.97 bits per heavy atom. The van der Waals surface area contributed by atoms with E-state index >= 15 is 0 Å². The minimum absolute atomic E-state index is 0.338. The van der Waals surface area contributed by atoms with E-state index < -0.39 is 12.1 Å². The van der Waals surface area contributed by atoms with Crippen molar-refractivity contribution in [2.75, 3.05) is 27.3 Å². The van der Waals surface area contributed by atoms with Crippen molar-refractivity contribution in [2.24, 2.45) is 5.92 Å². The summed E-state index contributed by atoms with van der Waals surface area (Å²) in [6.45, 7) is 3.09. The number of methoxy groups -OCH3 is 2. The monoisotopic (exact) mass is 446 g/mol. The van der Waals surface area contributed by atoms with Crippen molar-refractivity contribution >= 4 is 17.3 Å². The third kappa shape index (κ3) is 7.58. The maximum atomic E-state index is 10.6. The number of carboxylic acids is 1. The normalized spacial score (nSPS) is 19.6. The number of ether oxygens (including phenoxy) is 2. The van der Waals surface area contributed by atoms with Crippen LogP contribution in [0.25, 0.3) is 0 Å². The summed E-state index contributed by atoms with van der Waals surface area (Å²) in [6, 6.07) is 8.39. The number of piperidine rings is 1. The van der Waals surface area contributed by atoms with E-state index in [1.54, 1.807) is 18.4 Å². The summed E-state index contributed by atoms with van der Waals surface area (Å²) in [5.41, 5.74) is 1.34. The van der Waals surface area contributed by atoms with E-state index in [-0.39, 0.29) is 0 Å². The number of aromatic nitrogens is 1. The van der Waals surface area contributed by atoms with Crippen LogP contribution < -0.4 is 4.74 Å². The topological polar surface area (TPSA) is 71.9 Å². The second-order valence-electron chi connectivity index (χ2n) is 6.84. The molecule has 2 heterocycles. The number of rotatable bonds is 6. The number of benzene rings is 1. The highest BCUT2D eigenvalue weighted by Crippen LogP contribution is 2.26. The SMILES string of the molecule is COc1ccc(C[C@H]2CN(Cc3nccs3)CC[C@@H]2OC)cc1.O=C(O)C(F)(F)F. The molecule has 3 rings (SSSR count). The lowest BCUT2D eigenvalue weighted by Gasteiger charge is -2.37. The van der Waals surface area contributed by atoms with Gasteiger partial charge in [-0.15, -0.1) is 11.3 Å². The standard InChI is InChI=1S/C18H24N2O2S.C2HF3O2/c1-21-16-5-3-14(4-6-16)11-15-12-20(9-7-17(15)22-2)13-18-19-8-10-23-18;3-2(4,5)1(6)7/h3-6,8,10,15,17H,7,9,11-13H2,1-2H3;(H,6,7)/t15-,17-;/m0./s1. The third-order valence-electron chi connectivity index (χ3n) is 4.79. The molecule has 1 fully saturated rings. The third-order valence-corrected chi connectivity index (χ3v) is 5.56. The predicted octanol–water partition coefficient (Wildman–Crippen LogP) is 3.86. The Labute approximate surface area is 177 Å². The summed E-state index contributed by atoms with van der Waals surface area (Å²) in [4.78, 5) is 15.8. The van der Waals surface area contributed by atoms with E-state index in [4.69, 9.17) is 19.4 Å². The van der Waals surface area contributed by atoms with Crippen LogP contribution in [0.5, 0.6) is 5.75 Å². The van der Waals surface area contributed by atoms with Crippen molar-refractivity contribution in [2.45, 2.75) is 31.7 Å². The predicted molar refractivity (Wildman–Crippen MR) is 107 cm³/mol. The highest BCUT2D eigenvalue weighted by Gasteiger charge is 2.38. The molecular weight excluding hydrogens is 421 g/mol. The Morgan fingerprint density at radius 1 is 1.30 bits per heavy atom. The van der Waals surface area contributed by atoms with Gasteiger partial charge in [0.25, 0.3) is 0 Å². The zero-order chi connectivity index (χ0) is 22.1. The lowest BCUT2D eigenvalue weighted by Crippen LogP contribution is -2.44. The lowest BCUT2D eigenvalue weighted by atomic mass is 9.88. The average molecular weight is 446 g/mol. The summed E-state index contributed by atoms with van der Waals surface area (Å²) in [5, 5.41) is 10.4. The Kier molecular flexibility index (Phi) is 9.07. The first kappa shape index (κ1) is 24.1. The van der Waals surface area contributed by atoms with E-state index in [0.29, 0.717) is 12.0 Å². The Balaban J connectivity index is 0.000000396. The molecule has 0 amide bonds. The number of carboxylic acid groups (broad SMARTS) is 1. The highest BCUT2D eigenvalue weighted by atomic mass is 32.1. The van der Waals surface area contributed by atoms with Gasteiger partial charge in [-0.25, -0.2) is 9.78 Å². The Bertz CT molecular complexity index is 769. The highest BCUT2D eigenvalue weighted by molar-refractivity contribution is 7.09. The van der Waals surface area contributed by atoms with Crippen molar-refractivity contribution in [1.29, 1.82) is 0 Å². The van der Waals surface area contributed by atoms with Gasteiger partial charge in [0.2, 0.25) is 0 Å². The van der Waals surface area contributed by atoms with E-state index in [1.165, 1.54) is 10.6 Å². The van der Waals surface area contributed by atoms with E-state index in [1.807, 2.05) is 30.8 Å². The minimum Gasteiger partial charge on any atom is -0.497 e. The molecule has 0 radical (unpaired) electrons. The van der Waals surface area contributed by atoms with Gasteiger partial charge in [0.05, 0.1) is 19.8 Å². The van der Waals surface area contributed by atoms with E-state index in [0.717, 1.165) is 38.2 Å². The van der Waals surface area contributed by atoms with Crippen LogP contribution in [0.3, 0.4) is 0 Å². The van der Waals surface area contributed by atoms with Gasteiger partial charge < -0.3 is 14.6 Å². The van der Waals surface area contributed by atoms with Crippen LogP contribution in [0.4, 0.5) is 13.2 Å². The molecule has 0 unspecified atom stereocenters. The van der Waals surface area contributed by atoms with Gasteiger partial charge in [0.1, 0.15) is 10.8 Å². The fourth-order valence-corrected chi connectivity index (χ4v) is 3.98. The molecule has 1 aliphatic heterocycles. The molecule has 1 saturated heterocycles. The van der Waals surface area contributed by atoms with Gasteiger partial charge >= 0.3 is 12.1 Å². The van der Waals surface area contributed by atoms with Gasteiger partial charge in [-0.05, 0) is 30.5 Å². The molecule has 0 aliphatic carbocycles. The molecule has 2 atom stereocenters. The molecule has 1 N–H and O–H groups in total. The number of likely N-dealkylation sites (tertiary alicyclic amines) is 1. The largest absolute Gasteiger partial charge is 0.497 e. The first-order valence-electron chi connectivity index (χ1n) is 9.29. The minimum atomic E-state index is -5.08. The number of nitrogens with zero attached hydrogens (tertiary/aromatic N) is 2. The summed E-state index contributed by atoms with van der Waals surface area (Å²) < 4.78 is 42.7. The molecule has 30 heavy (non-hydrogen) atoms. The molecule has 6 nitrogen and oxygen atoms in total. The van der Waals surface area contributed by atoms with Crippen molar-refractivity contribution in [3.05, 3.63) is 46.4 Å². The van der Waals surface area contributed by atoms with E-state index in [2.05, 4.69) is 22.0 Å². The molecular formula is C20H25F3N2O4S. The van der Waals surface area contributed by atoms with Crippen LogP contribution in [-0.2, 0) is 22.5 Å². The molecule has 1 aromatic heterocycles. The van der Waals surface area contributed by atoms with Crippen LogP contribution in [-0.4, -0.2) is 60.5 Å². The molecule has 10 heteroatoms. The zero-order valence-corrected chi connectivity index (χ0v) is 17.6. The second-order valence-corrected chi connectivity index (χ2v) is 7.82. The number of halogens is 3. The fourth-order valence-electron chi connectivity index (χ4n) is 3.32. The molecule has 1 aromatic carbocycles. The van der Waals surface area contributed by atoms with Crippen LogP contribution in [0, 0.1) is 5.92 Å². The van der Waals surface area contributed by atoms with Crippen molar-refractivity contribution in [3.8, 4) is 5.75 Å².